The molecule has 0 N–H and O–H groups in total. The lowest BCUT2D eigenvalue weighted by Gasteiger charge is -2.46. The van der Waals surface area contributed by atoms with Crippen LogP contribution < -0.4 is 0 Å². The van der Waals surface area contributed by atoms with Crippen molar-refractivity contribution in [3.8, 4) is 0 Å². The highest BCUT2D eigenvalue weighted by atomic mass is 16.5. The van der Waals surface area contributed by atoms with Crippen molar-refractivity contribution < 1.29 is 38.1 Å². The van der Waals surface area contributed by atoms with Crippen LogP contribution in [0.4, 0.5) is 0 Å². The summed E-state index contributed by atoms with van der Waals surface area (Å²) in [6.45, 7) is 0. The predicted molar refractivity (Wildman–Crippen MR) is 129 cm³/mol. The summed E-state index contributed by atoms with van der Waals surface area (Å²) in [7, 11) is 5.51. The number of carbonyl (C=O) groups excluding carboxylic acids is 4. The molecule has 198 valence electrons. The number of fused-ring (bicyclic) bond motifs is 2. The molecule has 37 heavy (non-hydrogen) atoms. The van der Waals surface area contributed by atoms with Crippen LogP contribution in [0.1, 0.15) is 48.6 Å². The lowest BCUT2D eigenvalue weighted by Crippen LogP contribution is -2.44. The van der Waals surface area contributed by atoms with Gasteiger partial charge in [0.2, 0.25) is 0 Å². The summed E-state index contributed by atoms with van der Waals surface area (Å²) in [5.74, 6) is -2.23. The Kier molecular flexibility index (Phi) is 5.66. The minimum Gasteiger partial charge on any atom is -0.469 e. The maximum atomic E-state index is 12.8. The molecule has 1 aromatic carbocycles. The first-order chi connectivity index (χ1) is 17.8. The van der Waals surface area contributed by atoms with E-state index in [0.717, 1.165) is 31.2 Å². The standard InChI is InChI=1S/C29H34O8/c1-34-25(30)20-15-9-16(17(10-15)21(20)26(31)35-2)13-5-7-14(8-6-13)18-11-29-12-19(29)22(27(32)36-3)23(24(18)29)28(33)37-4/h5-8,15-24H,9-12H2,1-4H3. The second kappa shape index (κ2) is 8.57. The van der Waals surface area contributed by atoms with Crippen molar-refractivity contribution in [1.29, 1.82) is 0 Å². The van der Waals surface area contributed by atoms with Gasteiger partial charge in [0.15, 0.2) is 0 Å². The zero-order valence-electron chi connectivity index (χ0n) is 21.7. The van der Waals surface area contributed by atoms with Crippen LogP contribution in [0.15, 0.2) is 24.3 Å². The van der Waals surface area contributed by atoms with Gasteiger partial charge in [-0.25, -0.2) is 0 Å². The lowest BCUT2D eigenvalue weighted by atomic mass is 9.57. The van der Waals surface area contributed by atoms with Crippen LogP contribution in [-0.4, -0.2) is 52.3 Å². The zero-order chi connectivity index (χ0) is 26.2. The summed E-state index contributed by atoms with van der Waals surface area (Å²) < 4.78 is 20.3. The number of hydrogen-bond acceptors (Lipinski definition) is 8. The molecule has 0 radical (unpaired) electrons. The molecule has 2 bridgehead atoms. The molecule has 8 heteroatoms. The summed E-state index contributed by atoms with van der Waals surface area (Å²) in [4.78, 5) is 50.5. The van der Waals surface area contributed by atoms with Crippen molar-refractivity contribution in [2.75, 3.05) is 28.4 Å². The van der Waals surface area contributed by atoms with Crippen LogP contribution in [0.3, 0.4) is 0 Å². The zero-order valence-corrected chi connectivity index (χ0v) is 21.7. The molecule has 11 atom stereocenters. The summed E-state index contributed by atoms with van der Waals surface area (Å²) in [5.41, 5.74) is 2.39. The summed E-state index contributed by atoms with van der Waals surface area (Å²) >= 11 is 0. The average molecular weight is 511 g/mol. The Labute approximate surface area is 216 Å². The molecular weight excluding hydrogens is 476 g/mol. The number of methoxy groups -OCH3 is 4. The van der Waals surface area contributed by atoms with E-state index in [0.29, 0.717) is 0 Å². The maximum Gasteiger partial charge on any atom is 0.309 e. The Hall–Kier alpha value is -2.90. The van der Waals surface area contributed by atoms with Crippen molar-refractivity contribution in [2.45, 2.75) is 37.5 Å². The molecule has 5 saturated carbocycles. The van der Waals surface area contributed by atoms with Crippen LogP contribution in [0.25, 0.3) is 0 Å². The number of carbonyl (C=O) groups is 4. The average Bonchev–Trinajstić information content (AvgIpc) is 3.24. The molecule has 0 aliphatic heterocycles. The topological polar surface area (TPSA) is 105 Å². The third-order valence-corrected chi connectivity index (χ3v) is 10.8. The second-order valence-corrected chi connectivity index (χ2v) is 11.7. The molecule has 6 rings (SSSR count). The van der Waals surface area contributed by atoms with E-state index in [-0.39, 0.29) is 64.8 Å². The number of ether oxygens (including phenoxy) is 4. The minimum atomic E-state index is -0.478. The summed E-state index contributed by atoms with van der Waals surface area (Å²) in [5, 5.41) is 0. The van der Waals surface area contributed by atoms with Crippen LogP contribution in [0, 0.1) is 52.8 Å². The molecule has 0 aromatic heterocycles. The highest BCUT2D eigenvalue weighted by molar-refractivity contribution is 5.85. The second-order valence-electron chi connectivity index (χ2n) is 11.7. The van der Waals surface area contributed by atoms with Gasteiger partial charge in [-0.15, -0.1) is 0 Å². The maximum absolute atomic E-state index is 12.8. The van der Waals surface area contributed by atoms with Gasteiger partial charge in [-0.1, -0.05) is 24.3 Å². The van der Waals surface area contributed by atoms with E-state index in [9.17, 15) is 19.2 Å². The summed E-state index contributed by atoms with van der Waals surface area (Å²) in [6.07, 6.45) is 3.61. The van der Waals surface area contributed by atoms with E-state index < -0.39 is 23.7 Å². The molecular formula is C29H34O8. The van der Waals surface area contributed by atoms with Gasteiger partial charge >= 0.3 is 23.9 Å². The smallest absolute Gasteiger partial charge is 0.309 e. The van der Waals surface area contributed by atoms with E-state index in [1.807, 2.05) is 0 Å². The Morgan fingerprint density at radius 1 is 0.649 bits per heavy atom. The molecule has 0 heterocycles. The van der Waals surface area contributed by atoms with Gasteiger partial charge in [0.05, 0.1) is 52.1 Å². The van der Waals surface area contributed by atoms with Gasteiger partial charge in [-0.2, -0.15) is 0 Å². The number of rotatable bonds is 6. The van der Waals surface area contributed by atoms with E-state index in [1.165, 1.54) is 34.0 Å². The first kappa shape index (κ1) is 24.4. The fourth-order valence-corrected chi connectivity index (χ4v) is 9.32. The Morgan fingerprint density at radius 3 is 1.76 bits per heavy atom. The SMILES string of the molecule is COC(=O)C1C2CC(c3ccc(C4CC56CC5C(C(=O)OC)C(C(=O)OC)C46)cc3)C(C2)C1C(=O)OC. The number of benzene rings is 1. The fraction of sp³-hybridized carbons (Fsp3) is 0.655. The Bertz CT molecular complexity index is 1140. The van der Waals surface area contributed by atoms with Crippen molar-refractivity contribution in [3.05, 3.63) is 35.4 Å². The third-order valence-electron chi connectivity index (χ3n) is 10.8. The van der Waals surface area contributed by atoms with Crippen LogP contribution in [0.5, 0.6) is 0 Å². The fourth-order valence-electron chi connectivity index (χ4n) is 9.32. The predicted octanol–water partition coefficient (Wildman–Crippen LogP) is 3.09. The van der Waals surface area contributed by atoms with Crippen LogP contribution in [0.2, 0.25) is 0 Å². The van der Waals surface area contributed by atoms with Gasteiger partial charge in [0.1, 0.15) is 0 Å². The van der Waals surface area contributed by atoms with Gasteiger partial charge < -0.3 is 18.9 Å². The van der Waals surface area contributed by atoms with Crippen molar-refractivity contribution >= 4 is 23.9 Å². The molecule has 11 unspecified atom stereocenters. The third kappa shape index (κ3) is 3.26. The van der Waals surface area contributed by atoms with E-state index >= 15 is 0 Å². The van der Waals surface area contributed by atoms with Crippen molar-refractivity contribution in [3.63, 3.8) is 0 Å². The normalized spacial score (nSPS) is 42.2. The van der Waals surface area contributed by atoms with Gasteiger partial charge in [-0.05, 0) is 77.7 Å². The van der Waals surface area contributed by atoms with Crippen LogP contribution >= 0.6 is 0 Å². The van der Waals surface area contributed by atoms with Gasteiger partial charge in [-0.3, -0.25) is 19.2 Å². The molecule has 5 aliphatic carbocycles. The van der Waals surface area contributed by atoms with E-state index in [1.54, 1.807) is 0 Å². The largest absolute Gasteiger partial charge is 0.469 e. The highest BCUT2D eigenvalue weighted by Crippen LogP contribution is 2.83. The molecule has 1 aromatic rings. The first-order valence-electron chi connectivity index (χ1n) is 13.2. The van der Waals surface area contributed by atoms with Crippen molar-refractivity contribution in [1.82, 2.24) is 0 Å². The van der Waals surface area contributed by atoms with Crippen LogP contribution in [-0.2, 0) is 38.1 Å². The van der Waals surface area contributed by atoms with E-state index in [4.69, 9.17) is 18.9 Å². The lowest BCUT2D eigenvalue weighted by molar-refractivity contribution is -0.160. The quantitative estimate of drug-likeness (QED) is 0.425. The molecule has 8 nitrogen and oxygen atoms in total. The van der Waals surface area contributed by atoms with Gasteiger partial charge in [0.25, 0.3) is 0 Å². The Balaban J connectivity index is 1.22. The number of esters is 4. The number of hydrogen-bond donors (Lipinski definition) is 0. The van der Waals surface area contributed by atoms with Crippen molar-refractivity contribution in [2.24, 2.45) is 52.8 Å². The first-order valence-corrected chi connectivity index (χ1v) is 13.2. The van der Waals surface area contributed by atoms with Gasteiger partial charge in [0, 0.05) is 0 Å². The molecule has 1 spiro atoms. The molecule has 0 amide bonds. The molecule has 0 saturated heterocycles. The van der Waals surface area contributed by atoms with E-state index in [2.05, 4.69) is 24.3 Å². The Morgan fingerprint density at radius 2 is 1.16 bits per heavy atom. The minimum absolute atomic E-state index is 0.0472. The molecule has 5 aliphatic rings. The molecule has 5 fully saturated rings. The highest BCUT2D eigenvalue weighted by Gasteiger charge is 2.80. The summed E-state index contributed by atoms with van der Waals surface area (Å²) in [6, 6.07) is 8.55. The monoisotopic (exact) mass is 510 g/mol.